The Labute approximate surface area is 130 Å². The normalized spacial score (nSPS) is 10.6. The van der Waals surface area contributed by atoms with Gasteiger partial charge in [-0.2, -0.15) is 0 Å². The number of anilines is 1. The topological polar surface area (TPSA) is 89.3 Å². The third kappa shape index (κ3) is 3.01. The van der Waals surface area contributed by atoms with Gasteiger partial charge in [-0.1, -0.05) is 5.16 Å². The van der Waals surface area contributed by atoms with Gasteiger partial charge >= 0.3 is 6.03 Å². The summed E-state index contributed by atoms with van der Waals surface area (Å²) in [5.41, 5.74) is 2.10. The van der Waals surface area contributed by atoms with Crippen LogP contribution in [0.5, 0.6) is 5.75 Å². The smallest absolute Gasteiger partial charge is 0.319 e. The molecule has 8 heteroatoms. The SMILES string of the molecule is COc1cc2nc(C)sc2cc1NC(=O)NCc1ccon1. The molecule has 3 aromatic rings. The number of hydrogen-bond acceptors (Lipinski definition) is 6. The number of urea groups is 1. The quantitative estimate of drug-likeness (QED) is 0.772. The number of hydrogen-bond donors (Lipinski definition) is 2. The molecule has 2 amide bonds. The molecule has 0 aliphatic carbocycles. The Balaban J connectivity index is 1.75. The average Bonchev–Trinajstić information content (AvgIpc) is 3.12. The Morgan fingerprint density at radius 1 is 1.45 bits per heavy atom. The summed E-state index contributed by atoms with van der Waals surface area (Å²) >= 11 is 1.56. The summed E-state index contributed by atoms with van der Waals surface area (Å²) in [4.78, 5) is 16.4. The first kappa shape index (κ1) is 14.3. The van der Waals surface area contributed by atoms with Crippen LogP contribution in [0.15, 0.2) is 29.0 Å². The molecule has 0 spiro atoms. The molecule has 1 aromatic carbocycles. The number of carbonyl (C=O) groups excluding carboxylic acids is 1. The van der Waals surface area contributed by atoms with Gasteiger partial charge in [0.05, 0.1) is 34.6 Å². The van der Waals surface area contributed by atoms with Gasteiger partial charge in [0.15, 0.2) is 0 Å². The number of amides is 2. The van der Waals surface area contributed by atoms with Crippen molar-refractivity contribution in [2.24, 2.45) is 0 Å². The minimum atomic E-state index is -0.345. The van der Waals surface area contributed by atoms with E-state index in [0.717, 1.165) is 15.2 Å². The highest BCUT2D eigenvalue weighted by Gasteiger charge is 2.11. The molecule has 0 bridgehead atoms. The summed E-state index contributed by atoms with van der Waals surface area (Å²) in [6.45, 7) is 2.22. The van der Waals surface area contributed by atoms with Gasteiger partial charge in [0.25, 0.3) is 0 Å². The van der Waals surface area contributed by atoms with Crippen LogP contribution in [0.1, 0.15) is 10.7 Å². The van der Waals surface area contributed by atoms with Crippen LogP contribution in [-0.2, 0) is 6.54 Å². The second kappa shape index (κ2) is 6.02. The van der Waals surface area contributed by atoms with E-state index in [-0.39, 0.29) is 12.6 Å². The zero-order valence-corrected chi connectivity index (χ0v) is 12.9. The molecule has 0 fully saturated rings. The molecule has 0 atom stereocenters. The van der Waals surface area contributed by atoms with Crippen molar-refractivity contribution in [1.82, 2.24) is 15.5 Å². The summed E-state index contributed by atoms with van der Waals surface area (Å²) in [7, 11) is 1.55. The Kier molecular flexibility index (Phi) is 3.92. The van der Waals surface area contributed by atoms with Crippen LogP contribution in [0.25, 0.3) is 10.2 Å². The summed E-state index contributed by atoms with van der Waals surface area (Å²) in [6, 6.07) is 5.01. The Bertz CT molecular complexity index is 798. The van der Waals surface area contributed by atoms with Gasteiger partial charge in [0.2, 0.25) is 0 Å². The Hall–Kier alpha value is -2.61. The van der Waals surface area contributed by atoms with E-state index in [1.54, 1.807) is 24.5 Å². The number of aryl methyl sites for hydroxylation is 1. The average molecular weight is 318 g/mol. The van der Waals surface area contributed by atoms with Crippen LogP contribution < -0.4 is 15.4 Å². The highest BCUT2D eigenvalue weighted by Crippen LogP contribution is 2.32. The van der Waals surface area contributed by atoms with Gasteiger partial charge in [0, 0.05) is 12.1 Å². The Morgan fingerprint density at radius 2 is 2.32 bits per heavy atom. The minimum Gasteiger partial charge on any atom is -0.494 e. The third-order valence-corrected chi connectivity index (χ3v) is 3.92. The van der Waals surface area contributed by atoms with E-state index in [2.05, 4.69) is 20.8 Å². The molecule has 2 N–H and O–H groups in total. The van der Waals surface area contributed by atoms with Crippen LogP contribution in [0.3, 0.4) is 0 Å². The van der Waals surface area contributed by atoms with Gasteiger partial charge in [-0.3, -0.25) is 0 Å². The lowest BCUT2D eigenvalue weighted by Crippen LogP contribution is -2.28. The first-order valence-electron chi connectivity index (χ1n) is 6.55. The maximum absolute atomic E-state index is 12.0. The highest BCUT2D eigenvalue weighted by atomic mass is 32.1. The van der Waals surface area contributed by atoms with E-state index < -0.39 is 0 Å². The van der Waals surface area contributed by atoms with E-state index in [4.69, 9.17) is 9.26 Å². The van der Waals surface area contributed by atoms with Crippen LogP contribution in [0, 0.1) is 6.92 Å². The largest absolute Gasteiger partial charge is 0.494 e. The van der Waals surface area contributed by atoms with Crippen molar-refractivity contribution in [3.8, 4) is 5.75 Å². The number of fused-ring (bicyclic) bond motifs is 1. The molecular weight excluding hydrogens is 304 g/mol. The van der Waals surface area contributed by atoms with Gasteiger partial charge in [-0.25, -0.2) is 9.78 Å². The molecule has 0 aliphatic heterocycles. The minimum absolute atomic E-state index is 0.284. The fourth-order valence-electron chi connectivity index (χ4n) is 2.00. The van der Waals surface area contributed by atoms with Crippen molar-refractivity contribution >= 4 is 33.3 Å². The highest BCUT2D eigenvalue weighted by molar-refractivity contribution is 7.18. The van der Waals surface area contributed by atoms with Gasteiger partial charge < -0.3 is 19.9 Å². The van der Waals surface area contributed by atoms with Crippen LogP contribution >= 0.6 is 11.3 Å². The zero-order valence-electron chi connectivity index (χ0n) is 12.0. The molecule has 22 heavy (non-hydrogen) atoms. The van der Waals surface area contributed by atoms with Gasteiger partial charge in [-0.15, -0.1) is 11.3 Å². The van der Waals surface area contributed by atoms with Crippen molar-refractivity contribution in [2.45, 2.75) is 13.5 Å². The van der Waals surface area contributed by atoms with Crippen molar-refractivity contribution < 1.29 is 14.1 Å². The maximum Gasteiger partial charge on any atom is 0.319 e. The third-order valence-electron chi connectivity index (χ3n) is 2.99. The van der Waals surface area contributed by atoms with E-state index in [1.807, 2.05) is 19.1 Å². The summed E-state index contributed by atoms with van der Waals surface area (Å²) in [6.07, 6.45) is 1.46. The van der Waals surface area contributed by atoms with E-state index in [0.29, 0.717) is 17.1 Å². The predicted octanol–water partition coefficient (Wildman–Crippen LogP) is 2.92. The monoisotopic (exact) mass is 318 g/mol. The molecule has 3 rings (SSSR count). The van der Waals surface area contributed by atoms with E-state index >= 15 is 0 Å². The van der Waals surface area contributed by atoms with Gasteiger partial charge in [-0.05, 0) is 13.0 Å². The van der Waals surface area contributed by atoms with Crippen molar-refractivity contribution in [1.29, 1.82) is 0 Å². The van der Waals surface area contributed by atoms with Crippen molar-refractivity contribution in [3.63, 3.8) is 0 Å². The molecule has 2 aromatic heterocycles. The molecule has 7 nitrogen and oxygen atoms in total. The fourth-order valence-corrected chi connectivity index (χ4v) is 2.85. The van der Waals surface area contributed by atoms with Crippen molar-refractivity contribution in [2.75, 3.05) is 12.4 Å². The number of ether oxygens (including phenoxy) is 1. The summed E-state index contributed by atoms with van der Waals surface area (Å²) in [5, 5.41) is 10.2. The lowest BCUT2D eigenvalue weighted by Gasteiger charge is -2.10. The van der Waals surface area contributed by atoms with Crippen LogP contribution in [-0.4, -0.2) is 23.3 Å². The second-order valence-corrected chi connectivity index (χ2v) is 5.79. The predicted molar refractivity (Wildman–Crippen MR) is 83.3 cm³/mol. The number of nitrogens with zero attached hydrogens (tertiary/aromatic N) is 2. The van der Waals surface area contributed by atoms with E-state index in [1.165, 1.54) is 6.26 Å². The number of benzene rings is 1. The molecule has 2 heterocycles. The number of carbonyl (C=O) groups is 1. The fraction of sp³-hybridized carbons (Fsp3) is 0.214. The first-order chi connectivity index (χ1) is 10.7. The van der Waals surface area contributed by atoms with E-state index in [9.17, 15) is 4.79 Å². The lowest BCUT2D eigenvalue weighted by molar-refractivity contribution is 0.251. The number of nitrogens with one attached hydrogen (secondary N) is 2. The number of rotatable bonds is 4. The standard InChI is InChI=1S/C14H14N4O3S/c1-8-16-11-5-12(20-2)10(6-13(11)22-8)17-14(19)15-7-9-3-4-21-18-9/h3-6H,7H2,1-2H3,(H2,15,17,19). The molecule has 0 aliphatic rings. The first-order valence-corrected chi connectivity index (χ1v) is 7.36. The summed E-state index contributed by atoms with van der Waals surface area (Å²) < 4.78 is 11.0. The number of thiazole rings is 1. The second-order valence-electron chi connectivity index (χ2n) is 4.55. The molecule has 0 saturated carbocycles. The molecular formula is C14H14N4O3S. The Morgan fingerprint density at radius 3 is 3.05 bits per heavy atom. The van der Waals surface area contributed by atoms with Crippen LogP contribution in [0.2, 0.25) is 0 Å². The molecule has 0 radical (unpaired) electrons. The molecule has 114 valence electrons. The number of aromatic nitrogens is 2. The maximum atomic E-state index is 12.0. The van der Waals surface area contributed by atoms with Gasteiger partial charge in [0.1, 0.15) is 17.7 Å². The summed E-state index contributed by atoms with van der Waals surface area (Å²) in [5.74, 6) is 0.564. The molecule has 0 saturated heterocycles. The molecule has 0 unspecified atom stereocenters. The van der Waals surface area contributed by atoms with Crippen LogP contribution in [0.4, 0.5) is 10.5 Å². The van der Waals surface area contributed by atoms with Crippen molar-refractivity contribution in [3.05, 3.63) is 35.2 Å². The zero-order chi connectivity index (χ0) is 15.5. The lowest BCUT2D eigenvalue weighted by atomic mass is 10.2. The number of methoxy groups -OCH3 is 1.